The van der Waals surface area contributed by atoms with Gasteiger partial charge in [-0.1, -0.05) is 6.92 Å². The number of hydrogen-bond donors (Lipinski definition) is 2. The van der Waals surface area contributed by atoms with Gasteiger partial charge < -0.3 is 9.40 Å². The molecule has 1 unspecified atom stereocenters. The number of aryl methyl sites for hydroxylation is 1. The lowest BCUT2D eigenvalue weighted by Crippen LogP contribution is -2.27. The molecule has 0 aliphatic rings. The lowest BCUT2D eigenvalue weighted by molar-refractivity contribution is 0.459. The minimum atomic E-state index is -3.60. The third kappa shape index (κ3) is 2.62. The molecule has 7 heteroatoms. The first kappa shape index (κ1) is 12.8. The molecule has 0 spiro atoms. The summed E-state index contributed by atoms with van der Waals surface area (Å²) in [7, 11) is -3.60. The van der Waals surface area contributed by atoms with Crippen LogP contribution in [0.15, 0.2) is 34.0 Å². The van der Waals surface area contributed by atoms with Crippen LogP contribution in [0.1, 0.15) is 31.5 Å². The van der Waals surface area contributed by atoms with Gasteiger partial charge in [-0.05, 0) is 19.1 Å². The number of aromatic nitrogens is 2. The molecule has 0 saturated heterocycles. The molecule has 2 aromatic heterocycles. The van der Waals surface area contributed by atoms with Crippen molar-refractivity contribution >= 4 is 10.0 Å². The molecule has 0 saturated carbocycles. The number of furan rings is 1. The summed E-state index contributed by atoms with van der Waals surface area (Å²) in [5.74, 6) is 1.20. The normalized spacial score (nSPS) is 13.7. The third-order valence-electron chi connectivity index (χ3n) is 2.53. The average Bonchev–Trinajstić information content (AvgIpc) is 3.00. The summed E-state index contributed by atoms with van der Waals surface area (Å²) in [5, 5.41) is 0.0674. The Morgan fingerprint density at radius 2 is 2.33 bits per heavy atom. The topological polar surface area (TPSA) is 88.0 Å². The highest BCUT2D eigenvalue weighted by Gasteiger charge is 2.21. The molecule has 0 fully saturated rings. The highest BCUT2D eigenvalue weighted by Crippen LogP contribution is 2.16. The van der Waals surface area contributed by atoms with Gasteiger partial charge in [0.15, 0.2) is 5.03 Å². The van der Waals surface area contributed by atoms with Gasteiger partial charge in [0.05, 0.1) is 18.5 Å². The summed E-state index contributed by atoms with van der Waals surface area (Å²) < 4.78 is 31.8. The van der Waals surface area contributed by atoms with Gasteiger partial charge in [-0.2, -0.15) is 4.72 Å². The van der Waals surface area contributed by atoms with E-state index < -0.39 is 16.1 Å². The quantitative estimate of drug-likeness (QED) is 0.863. The number of rotatable bonds is 5. The fraction of sp³-hybridized carbons (Fsp3) is 0.364. The number of sulfonamides is 1. The fourth-order valence-corrected chi connectivity index (χ4v) is 2.70. The zero-order valence-electron chi connectivity index (χ0n) is 10.2. The van der Waals surface area contributed by atoms with Gasteiger partial charge >= 0.3 is 0 Å². The van der Waals surface area contributed by atoms with Gasteiger partial charge in [0.1, 0.15) is 11.6 Å². The van der Waals surface area contributed by atoms with Crippen molar-refractivity contribution in [2.45, 2.75) is 31.3 Å². The maximum atomic E-state index is 12.0. The molecule has 6 nitrogen and oxygen atoms in total. The second kappa shape index (κ2) is 4.95. The summed E-state index contributed by atoms with van der Waals surface area (Å²) in [4.78, 5) is 6.73. The van der Waals surface area contributed by atoms with Crippen molar-refractivity contribution in [3.63, 3.8) is 0 Å². The lowest BCUT2D eigenvalue weighted by Gasteiger charge is -2.10. The molecular formula is C11H15N3O3S. The largest absolute Gasteiger partial charge is 0.468 e. The Balaban J connectivity index is 2.17. The van der Waals surface area contributed by atoms with E-state index in [9.17, 15) is 8.42 Å². The van der Waals surface area contributed by atoms with Crippen molar-refractivity contribution in [1.82, 2.24) is 14.7 Å². The predicted molar refractivity (Wildman–Crippen MR) is 65.4 cm³/mol. The van der Waals surface area contributed by atoms with E-state index in [4.69, 9.17) is 4.42 Å². The summed E-state index contributed by atoms with van der Waals surface area (Å²) in [6.07, 6.45) is 3.48. The van der Waals surface area contributed by atoms with Crippen molar-refractivity contribution < 1.29 is 12.8 Å². The minimum absolute atomic E-state index is 0.0674. The first-order valence-corrected chi connectivity index (χ1v) is 7.11. The first-order valence-electron chi connectivity index (χ1n) is 5.62. The van der Waals surface area contributed by atoms with Gasteiger partial charge in [0.2, 0.25) is 0 Å². The maximum absolute atomic E-state index is 12.0. The number of nitrogens with one attached hydrogen (secondary N) is 2. The monoisotopic (exact) mass is 269 g/mol. The fourth-order valence-electron chi connectivity index (χ4n) is 1.55. The Hall–Kier alpha value is -1.60. The van der Waals surface area contributed by atoms with E-state index in [2.05, 4.69) is 14.7 Å². The molecule has 18 heavy (non-hydrogen) atoms. The molecule has 0 amide bonds. The Labute approximate surface area is 105 Å². The Morgan fingerprint density at radius 3 is 2.89 bits per heavy atom. The van der Waals surface area contributed by atoms with Crippen LogP contribution in [0.3, 0.4) is 0 Å². The van der Waals surface area contributed by atoms with Crippen LogP contribution in [-0.4, -0.2) is 18.4 Å². The molecule has 2 heterocycles. The molecule has 0 aliphatic heterocycles. The van der Waals surface area contributed by atoms with Crippen LogP contribution in [-0.2, 0) is 16.4 Å². The number of imidazole rings is 1. The molecule has 0 aliphatic carbocycles. The van der Waals surface area contributed by atoms with Crippen molar-refractivity contribution in [2.75, 3.05) is 0 Å². The molecular weight excluding hydrogens is 254 g/mol. The van der Waals surface area contributed by atoms with Gasteiger partial charge in [-0.25, -0.2) is 13.4 Å². The van der Waals surface area contributed by atoms with Crippen molar-refractivity contribution in [2.24, 2.45) is 0 Å². The van der Waals surface area contributed by atoms with E-state index in [-0.39, 0.29) is 5.03 Å². The molecule has 2 rings (SSSR count). The molecule has 98 valence electrons. The number of H-pyrrole nitrogens is 1. The van der Waals surface area contributed by atoms with Crippen molar-refractivity contribution in [1.29, 1.82) is 0 Å². The standard InChI is InChI=1S/C11H15N3O3S/c1-3-10-12-7-11(13-10)18(15,16)14-8(2)9-5-4-6-17-9/h4-8,14H,3H2,1-2H3,(H,12,13). The lowest BCUT2D eigenvalue weighted by atomic mass is 10.3. The zero-order valence-corrected chi connectivity index (χ0v) is 11.0. The summed E-state index contributed by atoms with van der Waals surface area (Å²) >= 11 is 0. The van der Waals surface area contributed by atoms with E-state index in [1.165, 1.54) is 12.5 Å². The van der Waals surface area contributed by atoms with Gasteiger partial charge in [0.25, 0.3) is 10.0 Å². The third-order valence-corrected chi connectivity index (χ3v) is 3.98. The van der Waals surface area contributed by atoms with Crippen LogP contribution < -0.4 is 4.72 Å². The highest BCUT2D eigenvalue weighted by molar-refractivity contribution is 7.89. The molecule has 2 aromatic rings. The number of aromatic amines is 1. The van der Waals surface area contributed by atoms with Crippen LogP contribution in [0.2, 0.25) is 0 Å². The summed E-state index contributed by atoms with van der Waals surface area (Å²) in [5.41, 5.74) is 0. The smallest absolute Gasteiger partial charge is 0.258 e. The van der Waals surface area contributed by atoms with Crippen LogP contribution in [0.4, 0.5) is 0 Å². The Kier molecular flexibility index (Phi) is 3.53. The second-order valence-electron chi connectivity index (χ2n) is 3.91. The number of nitrogens with zero attached hydrogens (tertiary/aromatic N) is 1. The summed E-state index contributed by atoms with van der Waals surface area (Å²) in [6, 6.07) is 3.00. The average molecular weight is 269 g/mol. The van der Waals surface area contributed by atoms with Crippen LogP contribution in [0, 0.1) is 0 Å². The maximum Gasteiger partial charge on any atom is 0.258 e. The SMILES string of the molecule is CCc1ncc(S(=O)(=O)NC(C)c2ccco2)[nH]1. The Bertz CT molecular complexity index is 601. The van der Waals surface area contributed by atoms with Gasteiger partial charge in [0, 0.05) is 6.42 Å². The van der Waals surface area contributed by atoms with E-state index in [0.29, 0.717) is 18.0 Å². The minimum Gasteiger partial charge on any atom is -0.468 e. The Morgan fingerprint density at radius 1 is 1.56 bits per heavy atom. The van der Waals surface area contributed by atoms with E-state index in [0.717, 1.165) is 0 Å². The van der Waals surface area contributed by atoms with Gasteiger partial charge in [-0.15, -0.1) is 0 Å². The molecule has 0 radical (unpaired) electrons. The molecule has 2 N–H and O–H groups in total. The van der Waals surface area contributed by atoms with E-state index in [1.54, 1.807) is 19.1 Å². The summed E-state index contributed by atoms with van der Waals surface area (Å²) in [6.45, 7) is 3.61. The van der Waals surface area contributed by atoms with Crippen LogP contribution in [0.5, 0.6) is 0 Å². The van der Waals surface area contributed by atoms with E-state index in [1.807, 2.05) is 6.92 Å². The first-order chi connectivity index (χ1) is 8.53. The van der Waals surface area contributed by atoms with Crippen LogP contribution >= 0.6 is 0 Å². The molecule has 1 atom stereocenters. The number of hydrogen-bond acceptors (Lipinski definition) is 4. The van der Waals surface area contributed by atoms with Crippen LogP contribution in [0.25, 0.3) is 0 Å². The predicted octanol–water partition coefficient (Wildman–Crippen LogP) is 1.60. The highest BCUT2D eigenvalue weighted by atomic mass is 32.2. The van der Waals surface area contributed by atoms with Crippen molar-refractivity contribution in [3.05, 3.63) is 36.2 Å². The van der Waals surface area contributed by atoms with E-state index >= 15 is 0 Å². The van der Waals surface area contributed by atoms with Gasteiger partial charge in [-0.3, -0.25) is 0 Å². The zero-order chi connectivity index (χ0) is 13.2. The molecule has 0 aromatic carbocycles. The van der Waals surface area contributed by atoms with Crippen molar-refractivity contribution in [3.8, 4) is 0 Å². The molecule has 0 bridgehead atoms. The second-order valence-corrected chi connectivity index (χ2v) is 5.59.